The van der Waals surface area contributed by atoms with Crippen LogP contribution in [0, 0.1) is 0 Å². The number of carbonyl (C=O) groups is 2. The molecule has 1 aromatic rings. The van der Waals surface area contributed by atoms with E-state index in [9.17, 15) is 9.59 Å². The number of carbonyl (C=O) groups excluding carboxylic acids is 2. The average Bonchev–Trinajstić information content (AvgIpc) is 2.82. The second-order valence-corrected chi connectivity index (χ2v) is 4.71. The quantitative estimate of drug-likeness (QED) is 0.579. The van der Waals surface area contributed by atoms with Gasteiger partial charge in [0.05, 0.1) is 14.2 Å². The molecule has 0 N–H and O–H groups in total. The van der Waals surface area contributed by atoms with Gasteiger partial charge in [0.1, 0.15) is 4.88 Å². The summed E-state index contributed by atoms with van der Waals surface area (Å²) >= 11 is 1.44. The summed E-state index contributed by atoms with van der Waals surface area (Å²) in [6.07, 6.45) is 3.04. The first-order valence-corrected chi connectivity index (χ1v) is 6.23. The van der Waals surface area contributed by atoms with E-state index in [0.29, 0.717) is 11.3 Å². The highest BCUT2D eigenvalue weighted by atomic mass is 32.1. The van der Waals surface area contributed by atoms with Gasteiger partial charge in [-0.15, -0.1) is 11.3 Å². The van der Waals surface area contributed by atoms with Crippen LogP contribution in [0.1, 0.15) is 33.8 Å². The summed E-state index contributed by atoms with van der Waals surface area (Å²) in [5.41, 5.74) is 0. The minimum absolute atomic E-state index is 0.175. The number of ether oxygens (including phenoxy) is 2. The van der Waals surface area contributed by atoms with E-state index in [1.165, 1.54) is 25.6 Å². The second-order valence-electron chi connectivity index (χ2n) is 3.54. The summed E-state index contributed by atoms with van der Waals surface area (Å²) in [6.45, 7) is 0. The number of aryl methyl sites for hydroxylation is 1. The smallest absolute Gasteiger partial charge is 0.348 e. The van der Waals surface area contributed by atoms with Crippen LogP contribution in [0.5, 0.6) is 0 Å². The Morgan fingerprint density at radius 1 is 1.18 bits per heavy atom. The SMILES string of the molecule is COC(=O)CCCCc1ccc(C(=O)OC)s1. The molecule has 0 aliphatic rings. The molecule has 0 aliphatic carbocycles. The second kappa shape index (κ2) is 7.06. The lowest BCUT2D eigenvalue weighted by Gasteiger charge is -1.98. The van der Waals surface area contributed by atoms with Crippen LogP contribution in [0.4, 0.5) is 0 Å². The van der Waals surface area contributed by atoms with Crippen LogP contribution >= 0.6 is 11.3 Å². The summed E-state index contributed by atoms with van der Waals surface area (Å²) in [4.78, 5) is 23.8. The van der Waals surface area contributed by atoms with Crippen LogP contribution in [-0.4, -0.2) is 26.2 Å². The topological polar surface area (TPSA) is 52.6 Å². The van der Waals surface area contributed by atoms with Crippen LogP contribution in [0.2, 0.25) is 0 Å². The number of rotatable bonds is 6. The Morgan fingerprint density at radius 2 is 1.94 bits per heavy atom. The van der Waals surface area contributed by atoms with Gasteiger partial charge in [0.2, 0.25) is 0 Å². The number of methoxy groups -OCH3 is 2. The molecule has 0 unspecified atom stereocenters. The number of hydrogen-bond donors (Lipinski definition) is 0. The number of hydrogen-bond acceptors (Lipinski definition) is 5. The van der Waals surface area contributed by atoms with E-state index in [0.717, 1.165) is 24.1 Å². The molecule has 1 heterocycles. The molecular weight excluding hydrogens is 240 g/mol. The third-order valence-corrected chi connectivity index (χ3v) is 3.46. The van der Waals surface area contributed by atoms with E-state index in [4.69, 9.17) is 0 Å². The fourth-order valence-corrected chi connectivity index (χ4v) is 2.36. The molecule has 0 amide bonds. The van der Waals surface area contributed by atoms with E-state index < -0.39 is 0 Å². The third kappa shape index (κ3) is 4.56. The Bertz CT molecular complexity index is 384. The summed E-state index contributed by atoms with van der Waals surface area (Å²) in [7, 11) is 2.77. The average molecular weight is 256 g/mol. The molecule has 1 rings (SSSR count). The van der Waals surface area contributed by atoms with Crippen molar-refractivity contribution in [3.05, 3.63) is 21.9 Å². The first-order valence-electron chi connectivity index (χ1n) is 5.41. The van der Waals surface area contributed by atoms with Crippen molar-refractivity contribution in [3.63, 3.8) is 0 Å². The van der Waals surface area contributed by atoms with Crippen molar-refractivity contribution in [3.8, 4) is 0 Å². The Balaban J connectivity index is 2.30. The van der Waals surface area contributed by atoms with Crippen molar-refractivity contribution in [1.82, 2.24) is 0 Å². The van der Waals surface area contributed by atoms with E-state index >= 15 is 0 Å². The van der Waals surface area contributed by atoms with E-state index in [1.54, 1.807) is 6.07 Å². The molecule has 0 aliphatic heterocycles. The predicted molar refractivity (Wildman–Crippen MR) is 65.2 cm³/mol. The van der Waals surface area contributed by atoms with Gasteiger partial charge in [-0.25, -0.2) is 4.79 Å². The number of unbranched alkanes of at least 4 members (excludes halogenated alkanes) is 1. The van der Waals surface area contributed by atoms with Crippen molar-refractivity contribution in [2.24, 2.45) is 0 Å². The van der Waals surface area contributed by atoms with Gasteiger partial charge >= 0.3 is 11.9 Å². The van der Waals surface area contributed by atoms with Crippen LogP contribution in [-0.2, 0) is 20.7 Å². The predicted octanol–water partition coefficient (Wildman–Crippen LogP) is 2.42. The lowest BCUT2D eigenvalue weighted by Crippen LogP contribution is -1.99. The monoisotopic (exact) mass is 256 g/mol. The molecule has 5 heteroatoms. The summed E-state index contributed by atoms with van der Waals surface area (Å²) < 4.78 is 9.19. The van der Waals surface area contributed by atoms with Gasteiger partial charge in [-0.3, -0.25) is 4.79 Å². The Hall–Kier alpha value is -1.36. The van der Waals surface area contributed by atoms with Crippen LogP contribution in [0.3, 0.4) is 0 Å². The Morgan fingerprint density at radius 3 is 2.59 bits per heavy atom. The summed E-state index contributed by atoms with van der Waals surface area (Å²) in [5.74, 6) is -0.470. The maximum Gasteiger partial charge on any atom is 0.348 e. The zero-order chi connectivity index (χ0) is 12.7. The first-order chi connectivity index (χ1) is 8.17. The highest BCUT2D eigenvalue weighted by Gasteiger charge is 2.08. The van der Waals surface area contributed by atoms with Gasteiger partial charge in [0.25, 0.3) is 0 Å². The molecule has 0 fully saturated rings. The number of thiophene rings is 1. The molecule has 0 saturated carbocycles. The van der Waals surface area contributed by atoms with Gasteiger partial charge in [-0.05, 0) is 31.4 Å². The maximum atomic E-state index is 11.2. The van der Waals surface area contributed by atoms with Crippen molar-refractivity contribution >= 4 is 23.3 Å². The largest absolute Gasteiger partial charge is 0.469 e. The van der Waals surface area contributed by atoms with Gasteiger partial charge in [-0.1, -0.05) is 0 Å². The van der Waals surface area contributed by atoms with Gasteiger partial charge in [-0.2, -0.15) is 0 Å². The van der Waals surface area contributed by atoms with Crippen molar-refractivity contribution in [1.29, 1.82) is 0 Å². The highest BCUT2D eigenvalue weighted by molar-refractivity contribution is 7.13. The fourth-order valence-electron chi connectivity index (χ4n) is 1.39. The van der Waals surface area contributed by atoms with Gasteiger partial charge < -0.3 is 9.47 Å². The standard InChI is InChI=1S/C12H16O4S/c1-15-11(13)6-4-3-5-9-7-8-10(17-9)12(14)16-2/h7-8H,3-6H2,1-2H3. The molecule has 0 bridgehead atoms. The molecule has 0 atom stereocenters. The minimum Gasteiger partial charge on any atom is -0.469 e. The van der Waals surface area contributed by atoms with Crippen LogP contribution in [0.15, 0.2) is 12.1 Å². The molecule has 4 nitrogen and oxygen atoms in total. The lowest BCUT2D eigenvalue weighted by molar-refractivity contribution is -0.140. The Labute approximate surface area is 105 Å². The lowest BCUT2D eigenvalue weighted by atomic mass is 10.2. The van der Waals surface area contributed by atoms with Gasteiger partial charge in [0.15, 0.2) is 0 Å². The fraction of sp³-hybridized carbons (Fsp3) is 0.500. The van der Waals surface area contributed by atoms with Gasteiger partial charge in [0, 0.05) is 11.3 Å². The van der Waals surface area contributed by atoms with Crippen LogP contribution in [0.25, 0.3) is 0 Å². The highest BCUT2D eigenvalue weighted by Crippen LogP contribution is 2.19. The van der Waals surface area contributed by atoms with Crippen LogP contribution < -0.4 is 0 Å². The Kier molecular flexibility index (Phi) is 5.69. The first kappa shape index (κ1) is 13.7. The molecular formula is C12H16O4S. The summed E-state index contributed by atoms with van der Waals surface area (Å²) in [6, 6.07) is 3.70. The van der Waals surface area contributed by atoms with E-state index in [1.807, 2.05) is 6.07 Å². The van der Waals surface area contributed by atoms with E-state index in [2.05, 4.69) is 9.47 Å². The molecule has 0 saturated heterocycles. The van der Waals surface area contributed by atoms with E-state index in [-0.39, 0.29) is 11.9 Å². The zero-order valence-corrected chi connectivity index (χ0v) is 10.8. The summed E-state index contributed by atoms with van der Waals surface area (Å²) in [5, 5.41) is 0. The molecule has 94 valence electrons. The van der Waals surface area contributed by atoms with Crippen molar-refractivity contribution in [2.75, 3.05) is 14.2 Å². The molecule has 17 heavy (non-hydrogen) atoms. The molecule has 0 aromatic carbocycles. The number of esters is 2. The van der Waals surface area contributed by atoms with Crippen molar-refractivity contribution in [2.45, 2.75) is 25.7 Å². The third-order valence-electron chi connectivity index (χ3n) is 2.33. The molecule has 0 spiro atoms. The normalized spacial score (nSPS) is 10.0. The zero-order valence-electron chi connectivity index (χ0n) is 10.0. The van der Waals surface area contributed by atoms with Crippen molar-refractivity contribution < 1.29 is 19.1 Å². The molecule has 1 aromatic heterocycles. The minimum atomic E-state index is -0.296. The maximum absolute atomic E-state index is 11.2. The molecule has 0 radical (unpaired) electrons.